The second-order valence-corrected chi connectivity index (χ2v) is 7.21. The van der Waals surface area contributed by atoms with Crippen LogP contribution in [-0.4, -0.2) is 13.2 Å². The molecule has 0 radical (unpaired) electrons. The van der Waals surface area contributed by atoms with Gasteiger partial charge in [0.2, 0.25) is 0 Å². The molecule has 26 heavy (non-hydrogen) atoms. The van der Waals surface area contributed by atoms with E-state index in [4.69, 9.17) is 9.47 Å². The van der Waals surface area contributed by atoms with Crippen LogP contribution in [0.4, 0.5) is 0 Å². The Kier molecular flexibility index (Phi) is 3.94. The first-order valence-corrected chi connectivity index (χ1v) is 8.82. The lowest BCUT2D eigenvalue weighted by molar-refractivity contribution is -0.147. The van der Waals surface area contributed by atoms with Gasteiger partial charge in [-0.1, -0.05) is 42.5 Å². The summed E-state index contributed by atoms with van der Waals surface area (Å²) in [4.78, 5) is 0. The van der Waals surface area contributed by atoms with E-state index >= 15 is 0 Å². The van der Waals surface area contributed by atoms with Crippen LogP contribution >= 0.6 is 0 Å². The molecule has 2 aliphatic carbocycles. The van der Waals surface area contributed by atoms with E-state index in [1.807, 2.05) is 54.6 Å². The van der Waals surface area contributed by atoms with Crippen LogP contribution in [0.5, 0.6) is 5.75 Å². The van der Waals surface area contributed by atoms with E-state index < -0.39 is 5.41 Å². The summed E-state index contributed by atoms with van der Waals surface area (Å²) < 4.78 is 11.4. The van der Waals surface area contributed by atoms with Crippen molar-refractivity contribution in [2.24, 2.45) is 10.8 Å². The monoisotopic (exact) mass is 344 g/mol. The van der Waals surface area contributed by atoms with Crippen LogP contribution < -0.4 is 4.74 Å². The number of ether oxygens (including phenoxy) is 2. The van der Waals surface area contributed by atoms with Gasteiger partial charge in [0.1, 0.15) is 5.75 Å². The van der Waals surface area contributed by atoms with Crippen molar-refractivity contribution in [2.75, 3.05) is 7.11 Å². The second kappa shape index (κ2) is 6.16. The van der Waals surface area contributed by atoms with Gasteiger partial charge in [-0.25, -0.2) is 0 Å². The third kappa shape index (κ3) is 2.30. The molecule has 4 nitrogen and oxygen atoms in total. The minimum atomic E-state index is -1.14. The van der Waals surface area contributed by atoms with Gasteiger partial charge >= 0.3 is 0 Å². The maximum absolute atomic E-state index is 9.92. The number of nitrogens with zero attached hydrogens (tertiary/aromatic N) is 2. The van der Waals surface area contributed by atoms with Gasteiger partial charge in [0, 0.05) is 11.3 Å². The zero-order chi connectivity index (χ0) is 18.2. The molecule has 130 valence electrons. The maximum Gasteiger partial charge on any atom is 0.177 e. The second-order valence-electron chi connectivity index (χ2n) is 7.21. The van der Waals surface area contributed by atoms with Crippen LogP contribution in [0.2, 0.25) is 0 Å². The average molecular weight is 344 g/mol. The fourth-order valence-corrected chi connectivity index (χ4v) is 4.52. The lowest BCUT2D eigenvalue weighted by atomic mass is 9.48. The lowest BCUT2D eigenvalue weighted by Crippen LogP contribution is -2.60. The largest absolute Gasteiger partial charge is 0.497 e. The van der Waals surface area contributed by atoms with Crippen LogP contribution in [0.3, 0.4) is 0 Å². The van der Waals surface area contributed by atoms with Crippen LogP contribution in [0.15, 0.2) is 54.6 Å². The SMILES string of the molecule is COc1ccc([C@H]2C(C#N)(C#N)[C@H](OCc3ccccc3)C23CC3)cc1. The zero-order valence-corrected chi connectivity index (χ0v) is 14.7. The van der Waals surface area contributed by atoms with Crippen molar-refractivity contribution in [3.63, 3.8) is 0 Å². The van der Waals surface area contributed by atoms with Crippen LogP contribution in [0.1, 0.15) is 29.9 Å². The summed E-state index contributed by atoms with van der Waals surface area (Å²) in [5.74, 6) is 0.658. The molecule has 4 rings (SSSR count). The standard InChI is InChI=1S/C22H20N2O2/c1-25-18-9-7-17(8-10-18)19-21(11-12-21)20(22(19,14-23)15-24)26-13-16-5-3-2-4-6-16/h2-10,19-20H,11-13H2,1H3/t19-,20-/m1/s1. The predicted molar refractivity (Wildman–Crippen MR) is 96.1 cm³/mol. The molecule has 2 aromatic carbocycles. The molecule has 0 saturated heterocycles. The minimum Gasteiger partial charge on any atom is -0.497 e. The highest BCUT2D eigenvalue weighted by Crippen LogP contribution is 2.76. The van der Waals surface area contributed by atoms with Gasteiger partial charge in [0.15, 0.2) is 5.41 Å². The number of nitriles is 2. The van der Waals surface area contributed by atoms with Crippen molar-refractivity contribution < 1.29 is 9.47 Å². The van der Waals surface area contributed by atoms with E-state index in [9.17, 15) is 10.5 Å². The molecule has 2 atom stereocenters. The molecule has 1 spiro atoms. The van der Waals surface area contributed by atoms with Gasteiger partial charge in [0.25, 0.3) is 0 Å². The summed E-state index contributed by atoms with van der Waals surface area (Å²) >= 11 is 0. The summed E-state index contributed by atoms with van der Waals surface area (Å²) in [6.45, 7) is 0.424. The summed E-state index contributed by atoms with van der Waals surface area (Å²) in [6.07, 6.45) is 1.64. The zero-order valence-electron chi connectivity index (χ0n) is 14.7. The topological polar surface area (TPSA) is 66.0 Å². The minimum absolute atomic E-state index is 0.0885. The van der Waals surface area contributed by atoms with Crippen LogP contribution in [0, 0.1) is 33.5 Å². The van der Waals surface area contributed by atoms with Crippen molar-refractivity contribution in [1.29, 1.82) is 10.5 Å². The molecule has 2 saturated carbocycles. The molecule has 0 amide bonds. The number of methoxy groups -OCH3 is 1. The Morgan fingerprint density at radius 2 is 1.65 bits per heavy atom. The van der Waals surface area contributed by atoms with Gasteiger partial charge < -0.3 is 9.47 Å². The summed E-state index contributed by atoms with van der Waals surface area (Å²) in [5.41, 5.74) is 0.848. The highest BCUT2D eigenvalue weighted by molar-refractivity contribution is 5.47. The number of rotatable bonds is 5. The highest BCUT2D eigenvalue weighted by Gasteiger charge is 2.78. The molecule has 0 aliphatic heterocycles. The molecule has 2 fully saturated rings. The van der Waals surface area contributed by atoms with E-state index in [0.717, 1.165) is 29.7 Å². The van der Waals surface area contributed by atoms with Crippen LogP contribution in [-0.2, 0) is 11.3 Å². The first kappa shape index (κ1) is 16.6. The van der Waals surface area contributed by atoms with Crippen LogP contribution in [0.25, 0.3) is 0 Å². The molecule has 2 aliphatic rings. The quantitative estimate of drug-likeness (QED) is 0.815. The Bertz CT molecular complexity index is 859. The van der Waals surface area contributed by atoms with E-state index in [1.54, 1.807) is 7.11 Å². The van der Waals surface area contributed by atoms with Gasteiger partial charge in [-0.05, 0) is 36.1 Å². The van der Waals surface area contributed by atoms with E-state index in [-0.39, 0.29) is 17.4 Å². The molecule has 0 unspecified atom stereocenters. The summed E-state index contributed by atoms with van der Waals surface area (Å²) in [5, 5.41) is 19.8. The third-order valence-corrected chi connectivity index (χ3v) is 5.87. The first-order valence-electron chi connectivity index (χ1n) is 8.82. The summed E-state index contributed by atoms with van der Waals surface area (Å²) in [6, 6.07) is 22.2. The Morgan fingerprint density at radius 3 is 2.19 bits per heavy atom. The molecule has 0 N–H and O–H groups in total. The van der Waals surface area contributed by atoms with Crippen molar-refractivity contribution in [1.82, 2.24) is 0 Å². The van der Waals surface area contributed by atoms with E-state index in [1.165, 1.54) is 0 Å². The molecular weight excluding hydrogens is 324 g/mol. The van der Waals surface area contributed by atoms with Crippen molar-refractivity contribution in [3.05, 3.63) is 65.7 Å². The molecule has 0 aromatic heterocycles. The Morgan fingerprint density at radius 1 is 1.00 bits per heavy atom. The first-order chi connectivity index (χ1) is 12.7. The highest BCUT2D eigenvalue weighted by atomic mass is 16.5. The van der Waals surface area contributed by atoms with E-state index in [2.05, 4.69) is 12.1 Å². The Hall–Kier alpha value is -2.82. The molecular formula is C22H20N2O2. The molecule has 4 heteroatoms. The lowest BCUT2D eigenvalue weighted by Gasteiger charge is -2.55. The van der Waals surface area contributed by atoms with Gasteiger partial charge in [-0.15, -0.1) is 0 Å². The van der Waals surface area contributed by atoms with Gasteiger partial charge in [-0.3, -0.25) is 0 Å². The van der Waals surface area contributed by atoms with E-state index in [0.29, 0.717) is 6.61 Å². The fourth-order valence-electron chi connectivity index (χ4n) is 4.52. The van der Waals surface area contributed by atoms with Gasteiger partial charge in [0.05, 0.1) is 32.0 Å². The van der Waals surface area contributed by atoms with Crippen molar-refractivity contribution in [2.45, 2.75) is 31.5 Å². The molecule has 0 heterocycles. The third-order valence-electron chi connectivity index (χ3n) is 5.87. The predicted octanol–water partition coefficient (Wildman–Crippen LogP) is 4.19. The van der Waals surface area contributed by atoms with Crippen molar-refractivity contribution in [3.8, 4) is 17.9 Å². The number of benzene rings is 2. The number of hydrogen-bond donors (Lipinski definition) is 0. The van der Waals surface area contributed by atoms with Crippen molar-refractivity contribution >= 4 is 0 Å². The smallest absolute Gasteiger partial charge is 0.177 e. The Labute approximate surface area is 153 Å². The fraction of sp³-hybridized carbons (Fsp3) is 0.364. The molecule has 2 aromatic rings. The summed E-state index contributed by atoms with van der Waals surface area (Å²) in [7, 11) is 1.63. The normalized spacial score (nSPS) is 24.1. The molecule has 0 bridgehead atoms. The maximum atomic E-state index is 9.92. The Balaban J connectivity index is 1.62. The average Bonchev–Trinajstić information content (AvgIpc) is 3.50. The number of hydrogen-bond acceptors (Lipinski definition) is 4. The van der Waals surface area contributed by atoms with Gasteiger partial charge in [-0.2, -0.15) is 10.5 Å².